The molecule has 0 aliphatic heterocycles. The van der Waals surface area contributed by atoms with Crippen LogP contribution in [0.4, 0.5) is 0 Å². The van der Waals surface area contributed by atoms with Crippen molar-refractivity contribution in [2.75, 3.05) is 0 Å². The maximum Gasteiger partial charge on any atom is 0.278 e. The number of hydrogen-bond acceptors (Lipinski definition) is 4. The quantitative estimate of drug-likeness (QED) is 0.465. The molecule has 0 N–H and O–H groups in total. The number of benzene rings is 1. The van der Waals surface area contributed by atoms with Gasteiger partial charge < -0.3 is 0 Å². The van der Waals surface area contributed by atoms with Crippen LogP contribution in [0.3, 0.4) is 0 Å². The third kappa shape index (κ3) is 2.82. The Labute approximate surface area is 151 Å². The van der Waals surface area contributed by atoms with Crippen LogP contribution in [0.15, 0.2) is 66.2 Å². The number of nitrogens with zero attached hydrogens (tertiary/aromatic N) is 2. The molecule has 24 heavy (non-hydrogen) atoms. The normalized spacial score (nSPS) is 10.9. The van der Waals surface area contributed by atoms with Gasteiger partial charge in [0.25, 0.3) is 5.91 Å². The molecule has 4 rings (SSSR count). The van der Waals surface area contributed by atoms with Crippen LogP contribution in [0.5, 0.6) is 0 Å². The fourth-order valence-electron chi connectivity index (χ4n) is 2.39. The van der Waals surface area contributed by atoms with Crippen LogP contribution in [-0.4, -0.2) is 15.7 Å². The number of aromatic nitrogens is 2. The lowest BCUT2D eigenvalue weighted by atomic mass is 10.2. The summed E-state index contributed by atoms with van der Waals surface area (Å²) in [6, 6.07) is 16.9. The zero-order valence-corrected chi connectivity index (χ0v) is 14.7. The second-order valence-corrected chi connectivity index (χ2v) is 7.55. The third-order valence-electron chi connectivity index (χ3n) is 3.55. The van der Waals surface area contributed by atoms with Crippen LogP contribution < -0.4 is 0 Å². The molecule has 0 aliphatic rings. The highest BCUT2D eigenvalue weighted by Crippen LogP contribution is 2.36. The number of thiophene rings is 2. The summed E-state index contributed by atoms with van der Waals surface area (Å²) in [6.07, 6.45) is 1.65. The maximum absolute atomic E-state index is 12.7. The van der Waals surface area contributed by atoms with Gasteiger partial charge >= 0.3 is 0 Å². The Hall–Kier alpha value is -2.21. The van der Waals surface area contributed by atoms with Gasteiger partial charge in [-0.3, -0.25) is 4.79 Å². The van der Waals surface area contributed by atoms with Gasteiger partial charge in [0.2, 0.25) is 0 Å². The highest BCUT2D eigenvalue weighted by molar-refractivity contribution is 7.23. The molecule has 3 nitrogen and oxygen atoms in total. The van der Waals surface area contributed by atoms with E-state index in [4.69, 9.17) is 11.6 Å². The number of carbonyl (C=O) groups is 1. The van der Waals surface area contributed by atoms with Crippen LogP contribution >= 0.6 is 34.3 Å². The monoisotopic (exact) mass is 370 g/mol. The van der Waals surface area contributed by atoms with Crippen molar-refractivity contribution in [3.05, 3.63) is 76.8 Å². The summed E-state index contributed by atoms with van der Waals surface area (Å²) >= 11 is 9.25. The van der Waals surface area contributed by atoms with Crippen LogP contribution in [0.1, 0.15) is 10.4 Å². The molecular weight excluding hydrogens is 360 g/mol. The predicted octanol–water partition coefficient (Wildman–Crippen LogP) is 5.68. The summed E-state index contributed by atoms with van der Waals surface area (Å²) in [4.78, 5) is 16.1. The van der Waals surface area contributed by atoms with Crippen LogP contribution in [0.2, 0.25) is 5.02 Å². The molecule has 0 saturated carbocycles. The molecule has 3 aromatic heterocycles. The largest absolute Gasteiger partial charge is 0.278 e. The average Bonchev–Trinajstić information content (AvgIpc) is 3.33. The van der Waals surface area contributed by atoms with Gasteiger partial charge in [-0.2, -0.15) is 9.78 Å². The molecule has 0 saturated heterocycles. The van der Waals surface area contributed by atoms with Crippen molar-refractivity contribution in [3.8, 4) is 20.3 Å². The molecule has 0 fully saturated rings. The summed E-state index contributed by atoms with van der Waals surface area (Å²) < 4.78 is 1.44. The Balaban J connectivity index is 1.70. The van der Waals surface area contributed by atoms with E-state index in [2.05, 4.69) is 22.6 Å². The molecule has 6 heteroatoms. The van der Waals surface area contributed by atoms with Gasteiger partial charge in [-0.25, -0.2) is 0 Å². The maximum atomic E-state index is 12.7. The molecule has 0 bridgehead atoms. The van der Waals surface area contributed by atoms with Crippen LogP contribution in [0.25, 0.3) is 20.3 Å². The fraction of sp³-hybridized carbons (Fsp3) is 0. The minimum absolute atomic E-state index is 0.169. The number of halogens is 1. The summed E-state index contributed by atoms with van der Waals surface area (Å²) in [5.41, 5.74) is 1.35. The molecule has 4 aromatic rings. The highest BCUT2D eigenvalue weighted by atomic mass is 35.5. The smallest absolute Gasteiger partial charge is 0.267 e. The molecule has 0 atom stereocenters. The first-order chi connectivity index (χ1) is 11.7. The van der Waals surface area contributed by atoms with Gasteiger partial charge in [0.05, 0.1) is 16.8 Å². The Morgan fingerprint density at radius 1 is 0.958 bits per heavy atom. The molecule has 0 spiro atoms. The van der Waals surface area contributed by atoms with Crippen molar-refractivity contribution in [2.24, 2.45) is 0 Å². The predicted molar refractivity (Wildman–Crippen MR) is 100 cm³/mol. The molecule has 0 radical (unpaired) electrons. The van der Waals surface area contributed by atoms with Crippen molar-refractivity contribution < 1.29 is 4.79 Å². The van der Waals surface area contributed by atoms with Crippen molar-refractivity contribution in [2.45, 2.75) is 0 Å². The topological polar surface area (TPSA) is 34.9 Å². The summed E-state index contributed by atoms with van der Waals surface area (Å²) in [7, 11) is 0. The van der Waals surface area contributed by atoms with E-state index >= 15 is 0 Å². The molecule has 0 aliphatic carbocycles. The first-order valence-corrected chi connectivity index (χ1v) is 9.28. The Bertz CT molecular complexity index is 984. The molecule has 118 valence electrons. The molecule has 3 heterocycles. The lowest BCUT2D eigenvalue weighted by Gasteiger charge is -2.05. The Morgan fingerprint density at radius 3 is 2.50 bits per heavy atom. The van der Waals surface area contributed by atoms with Gasteiger partial charge in [0.1, 0.15) is 0 Å². The minimum Gasteiger partial charge on any atom is -0.267 e. The summed E-state index contributed by atoms with van der Waals surface area (Å²) in [5, 5.41) is 6.87. The molecule has 0 amide bonds. The third-order valence-corrected chi connectivity index (χ3v) is 5.97. The molecule has 0 unspecified atom stereocenters. The minimum atomic E-state index is -0.169. The zero-order chi connectivity index (χ0) is 16.5. The summed E-state index contributed by atoms with van der Waals surface area (Å²) in [5.74, 6) is -0.169. The first-order valence-electron chi connectivity index (χ1n) is 7.21. The first kappa shape index (κ1) is 15.3. The van der Waals surface area contributed by atoms with Crippen molar-refractivity contribution >= 4 is 40.2 Å². The van der Waals surface area contributed by atoms with E-state index in [9.17, 15) is 4.79 Å². The van der Waals surface area contributed by atoms with Crippen molar-refractivity contribution in [1.82, 2.24) is 9.78 Å². The molecule has 1 aromatic carbocycles. The van der Waals surface area contributed by atoms with Crippen molar-refractivity contribution in [1.29, 1.82) is 0 Å². The summed E-state index contributed by atoms with van der Waals surface area (Å²) in [6.45, 7) is 0. The van der Waals surface area contributed by atoms with E-state index in [0.29, 0.717) is 10.6 Å². The number of rotatable bonds is 3. The second kappa shape index (κ2) is 6.36. The van der Waals surface area contributed by atoms with Crippen molar-refractivity contribution in [3.63, 3.8) is 0 Å². The SMILES string of the molecule is O=C(c1ccc(Cl)cc1)n1nccc1-c1ccc(-c2cccs2)s1. The van der Waals surface area contributed by atoms with Gasteiger partial charge in [-0.05, 0) is 53.9 Å². The lowest BCUT2D eigenvalue weighted by Crippen LogP contribution is -2.14. The van der Waals surface area contributed by atoms with E-state index in [1.54, 1.807) is 53.1 Å². The van der Waals surface area contributed by atoms with Gasteiger partial charge in [-0.1, -0.05) is 17.7 Å². The zero-order valence-electron chi connectivity index (χ0n) is 12.3. The van der Waals surface area contributed by atoms with Gasteiger partial charge in [0.15, 0.2) is 0 Å². The van der Waals surface area contributed by atoms with E-state index in [1.807, 2.05) is 18.2 Å². The van der Waals surface area contributed by atoms with E-state index in [-0.39, 0.29) is 5.91 Å². The Morgan fingerprint density at radius 2 is 1.75 bits per heavy atom. The fourth-order valence-corrected chi connectivity index (χ4v) is 4.37. The number of hydrogen-bond donors (Lipinski definition) is 0. The highest BCUT2D eigenvalue weighted by Gasteiger charge is 2.16. The lowest BCUT2D eigenvalue weighted by molar-refractivity contribution is 0.0947. The number of carbonyl (C=O) groups excluding carboxylic acids is 1. The van der Waals surface area contributed by atoms with Gasteiger partial charge in [0, 0.05) is 20.3 Å². The van der Waals surface area contributed by atoms with E-state index < -0.39 is 0 Å². The van der Waals surface area contributed by atoms with E-state index in [0.717, 1.165) is 10.6 Å². The van der Waals surface area contributed by atoms with Crippen LogP contribution in [-0.2, 0) is 0 Å². The van der Waals surface area contributed by atoms with E-state index in [1.165, 1.54) is 14.4 Å². The Kier molecular flexibility index (Phi) is 4.06. The molecular formula is C18H11ClN2OS2. The standard InChI is InChI=1S/C18H11ClN2OS2/c19-13-5-3-12(4-6-13)18(22)21-14(9-10-20-21)15-7-8-17(24-15)16-2-1-11-23-16/h1-11H. The average molecular weight is 371 g/mol. The second-order valence-electron chi connectivity index (χ2n) is 5.08. The van der Waals surface area contributed by atoms with Gasteiger partial charge in [-0.15, -0.1) is 22.7 Å². The van der Waals surface area contributed by atoms with Crippen LogP contribution in [0, 0.1) is 0 Å².